The van der Waals surface area contributed by atoms with Gasteiger partial charge in [-0.1, -0.05) is 46.3 Å². The fourth-order valence-electron chi connectivity index (χ4n) is 3.70. The number of amides is 4. The maximum atomic E-state index is 13.2. The van der Waals surface area contributed by atoms with Gasteiger partial charge in [0, 0.05) is 10.0 Å². The van der Waals surface area contributed by atoms with E-state index in [0.29, 0.717) is 36.0 Å². The number of hydrogen-bond acceptors (Lipinski definition) is 5. The average molecular weight is 549 g/mol. The molecule has 0 atom stereocenters. The molecule has 0 bridgehead atoms. The second-order valence-corrected chi connectivity index (χ2v) is 9.10. The number of ether oxygens (including phenoxy) is 2. The van der Waals surface area contributed by atoms with Gasteiger partial charge in [0.15, 0.2) is 11.5 Å². The van der Waals surface area contributed by atoms with E-state index in [1.165, 1.54) is 6.08 Å². The summed E-state index contributed by atoms with van der Waals surface area (Å²) in [5.74, 6) is -0.442. The lowest BCUT2D eigenvalue weighted by atomic mass is 10.0. The van der Waals surface area contributed by atoms with Gasteiger partial charge in [0.1, 0.15) is 12.2 Å². The van der Waals surface area contributed by atoms with Crippen molar-refractivity contribution in [2.75, 3.05) is 11.5 Å². The molecule has 1 N–H and O–H groups in total. The summed E-state index contributed by atoms with van der Waals surface area (Å²) < 4.78 is 12.7. The van der Waals surface area contributed by atoms with Crippen molar-refractivity contribution in [1.82, 2.24) is 5.32 Å². The molecule has 7 nitrogen and oxygen atoms in total. The molecule has 0 saturated carbocycles. The summed E-state index contributed by atoms with van der Waals surface area (Å²) in [4.78, 5) is 39.3. The van der Waals surface area contributed by atoms with E-state index in [9.17, 15) is 14.4 Å². The van der Waals surface area contributed by atoms with Gasteiger partial charge in [-0.05, 0) is 73.9 Å². The molecule has 0 aliphatic carbocycles. The van der Waals surface area contributed by atoms with Crippen LogP contribution in [0.2, 0.25) is 0 Å². The molecular formula is C28H25BrN2O5. The van der Waals surface area contributed by atoms with E-state index >= 15 is 0 Å². The van der Waals surface area contributed by atoms with Crippen molar-refractivity contribution < 1.29 is 23.9 Å². The molecule has 36 heavy (non-hydrogen) atoms. The van der Waals surface area contributed by atoms with Crippen LogP contribution in [0, 0.1) is 13.8 Å². The molecule has 4 rings (SSSR count). The molecule has 1 saturated heterocycles. The van der Waals surface area contributed by atoms with Crippen LogP contribution in [0.1, 0.15) is 29.2 Å². The molecule has 1 aliphatic heterocycles. The zero-order chi connectivity index (χ0) is 25.8. The van der Waals surface area contributed by atoms with Crippen LogP contribution in [0.15, 0.2) is 70.7 Å². The number of benzene rings is 3. The first kappa shape index (κ1) is 25.2. The lowest BCUT2D eigenvalue weighted by Gasteiger charge is -2.27. The number of anilines is 1. The van der Waals surface area contributed by atoms with Crippen molar-refractivity contribution in [2.24, 2.45) is 0 Å². The smallest absolute Gasteiger partial charge is 0.335 e. The van der Waals surface area contributed by atoms with E-state index in [1.54, 1.807) is 30.3 Å². The predicted molar refractivity (Wildman–Crippen MR) is 141 cm³/mol. The molecule has 3 aromatic rings. The van der Waals surface area contributed by atoms with Gasteiger partial charge in [-0.2, -0.15) is 0 Å². The average Bonchev–Trinajstić information content (AvgIpc) is 2.84. The molecule has 0 radical (unpaired) electrons. The number of hydrogen-bond donors (Lipinski definition) is 1. The van der Waals surface area contributed by atoms with Crippen LogP contribution in [0.25, 0.3) is 6.08 Å². The Morgan fingerprint density at radius 3 is 2.42 bits per heavy atom. The lowest BCUT2D eigenvalue weighted by molar-refractivity contribution is -0.122. The third kappa shape index (κ3) is 5.33. The Bertz CT molecular complexity index is 1380. The number of rotatable bonds is 7. The second kappa shape index (κ2) is 10.8. The summed E-state index contributed by atoms with van der Waals surface area (Å²) in [6.07, 6.45) is 1.44. The highest BCUT2D eigenvalue weighted by Gasteiger charge is 2.37. The van der Waals surface area contributed by atoms with E-state index < -0.39 is 17.8 Å². The monoisotopic (exact) mass is 548 g/mol. The van der Waals surface area contributed by atoms with Gasteiger partial charge in [-0.25, -0.2) is 9.69 Å². The van der Waals surface area contributed by atoms with Crippen LogP contribution >= 0.6 is 15.9 Å². The number of carbonyl (C=O) groups is 3. The fourth-order valence-corrected chi connectivity index (χ4v) is 4.10. The number of aryl methyl sites for hydroxylation is 2. The first-order valence-corrected chi connectivity index (χ1v) is 12.2. The molecule has 0 spiro atoms. The Balaban J connectivity index is 1.63. The zero-order valence-corrected chi connectivity index (χ0v) is 21.7. The molecule has 0 aromatic heterocycles. The Morgan fingerprint density at radius 1 is 0.917 bits per heavy atom. The largest absolute Gasteiger partial charge is 0.490 e. The highest BCUT2D eigenvalue weighted by molar-refractivity contribution is 9.10. The highest BCUT2D eigenvalue weighted by atomic mass is 79.9. The van der Waals surface area contributed by atoms with E-state index in [4.69, 9.17) is 9.47 Å². The van der Waals surface area contributed by atoms with Crippen molar-refractivity contribution in [2.45, 2.75) is 27.4 Å². The SMILES string of the molecule is CCOc1cc(/C=C2\C(=O)NC(=O)N(c3ccc(C)c(C)c3)C2=O)ccc1OCc1ccccc1Br. The molecular weight excluding hydrogens is 524 g/mol. The van der Waals surface area contributed by atoms with Gasteiger partial charge >= 0.3 is 6.03 Å². The number of imide groups is 2. The van der Waals surface area contributed by atoms with E-state index in [-0.39, 0.29) is 5.57 Å². The number of nitrogens with one attached hydrogen (secondary N) is 1. The van der Waals surface area contributed by atoms with E-state index in [1.807, 2.05) is 51.1 Å². The molecule has 8 heteroatoms. The van der Waals surface area contributed by atoms with Crippen molar-refractivity contribution in [1.29, 1.82) is 0 Å². The zero-order valence-electron chi connectivity index (χ0n) is 20.1. The topological polar surface area (TPSA) is 84.9 Å². The number of halogens is 1. The molecule has 1 heterocycles. The van der Waals surface area contributed by atoms with Crippen molar-refractivity contribution in [3.8, 4) is 11.5 Å². The summed E-state index contributed by atoms with van der Waals surface area (Å²) >= 11 is 3.51. The first-order valence-electron chi connectivity index (χ1n) is 11.4. The van der Waals surface area contributed by atoms with Crippen LogP contribution < -0.4 is 19.7 Å². The summed E-state index contributed by atoms with van der Waals surface area (Å²) in [6, 6.07) is 17.4. The molecule has 1 fully saturated rings. The first-order chi connectivity index (χ1) is 17.3. The van der Waals surface area contributed by atoms with Gasteiger partial charge in [-0.15, -0.1) is 0 Å². The van der Waals surface area contributed by atoms with Gasteiger partial charge in [0.05, 0.1) is 12.3 Å². The predicted octanol–water partition coefficient (Wildman–Crippen LogP) is 5.71. The van der Waals surface area contributed by atoms with Crippen LogP contribution in [-0.4, -0.2) is 24.5 Å². The second-order valence-electron chi connectivity index (χ2n) is 8.25. The Morgan fingerprint density at radius 2 is 1.69 bits per heavy atom. The van der Waals surface area contributed by atoms with Crippen LogP contribution in [0.5, 0.6) is 11.5 Å². The van der Waals surface area contributed by atoms with Crippen molar-refractivity contribution >= 4 is 45.5 Å². The Hall–Kier alpha value is -3.91. The van der Waals surface area contributed by atoms with E-state index in [0.717, 1.165) is 26.1 Å². The van der Waals surface area contributed by atoms with Gasteiger partial charge in [0.2, 0.25) is 0 Å². The quantitative estimate of drug-likeness (QED) is 0.302. The summed E-state index contributed by atoms with van der Waals surface area (Å²) in [5, 5.41) is 2.26. The summed E-state index contributed by atoms with van der Waals surface area (Å²) in [7, 11) is 0. The number of carbonyl (C=O) groups excluding carboxylic acids is 3. The third-order valence-corrected chi connectivity index (χ3v) is 6.54. The van der Waals surface area contributed by atoms with Crippen molar-refractivity contribution in [3.63, 3.8) is 0 Å². The Kier molecular flexibility index (Phi) is 7.55. The minimum absolute atomic E-state index is 0.155. The van der Waals surface area contributed by atoms with Gasteiger partial charge in [-0.3, -0.25) is 14.9 Å². The standard InChI is InChI=1S/C28H25BrN2O5/c1-4-35-25-15-19(10-12-24(25)36-16-20-7-5-6-8-23(20)29)14-22-26(32)30-28(34)31(27(22)33)21-11-9-17(2)18(3)13-21/h5-15H,4,16H2,1-3H3,(H,30,32,34)/b22-14+. The normalized spacial score (nSPS) is 14.7. The maximum absolute atomic E-state index is 13.2. The van der Waals surface area contributed by atoms with Crippen LogP contribution in [0.4, 0.5) is 10.5 Å². The highest BCUT2D eigenvalue weighted by Crippen LogP contribution is 2.32. The van der Waals surface area contributed by atoms with Crippen molar-refractivity contribution in [3.05, 3.63) is 93.0 Å². The van der Waals surface area contributed by atoms with Gasteiger partial charge < -0.3 is 9.47 Å². The minimum atomic E-state index is -0.781. The van der Waals surface area contributed by atoms with Crippen LogP contribution in [0.3, 0.4) is 0 Å². The number of barbiturate groups is 1. The Labute approximate surface area is 217 Å². The summed E-state index contributed by atoms with van der Waals surface area (Å²) in [6.45, 7) is 6.42. The molecule has 4 amide bonds. The lowest BCUT2D eigenvalue weighted by Crippen LogP contribution is -2.54. The minimum Gasteiger partial charge on any atom is -0.490 e. The molecule has 1 aliphatic rings. The third-order valence-electron chi connectivity index (χ3n) is 5.77. The molecule has 184 valence electrons. The summed E-state index contributed by atoms with van der Waals surface area (Å²) in [5.41, 5.74) is 3.73. The fraction of sp³-hybridized carbons (Fsp3) is 0.179. The number of nitrogens with zero attached hydrogens (tertiary/aromatic N) is 1. The molecule has 0 unspecified atom stereocenters. The maximum Gasteiger partial charge on any atom is 0.335 e. The molecule has 3 aromatic carbocycles. The van der Waals surface area contributed by atoms with Crippen LogP contribution in [-0.2, 0) is 16.2 Å². The number of urea groups is 1. The van der Waals surface area contributed by atoms with E-state index in [2.05, 4.69) is 21.2 Å². The van der Waals surface area contributed by atoms with Gasteiger partial charge in [0.25, 0.3) is 11.8 Å².